The summed E-state index contributed by atoms with van der Waals surface area (Å²) >= 11 is 9.00. The van der Waals surface area contributed by atoms with Crippen molar-refractivity contribution < 1.29 is 9.53 Å². The monoisotopic (exact) mass is 391 g/mol. The molecular weight excluding hydrogens is 378 g/mol. The van der Waals surface area contributed by atoms with Gasteiger partial charge in [0.2, 0.25) is 5.13 Å². The first-order chi connectivity index (χ1) is 12.2. The van der Waals surface area contributed by atoms with E-state index in [0.717, 1.165) is 14.9 Å². The average molecular weight is 392 g/mol. The van der Waals surface area contributed by atoms with E-state index in [9.17, 15) is 4.79 Å². The van der Waals surface area contributed by atoms with Gasteiger partial charge in [-0.1, -0.05) is 52.9 Å². The number of nitrogens with one attached hydrogen (secondary N) is 1. The third-order valence-corrected chi connectivity index (χ3v) is 5.68. The number of nitrogens with zero attached hydrogens (tertiary/aromatic N) is 2. The van der Waals surface area contributed by atoms with Gasteiger partial charge in [0.05, 0.1) is 7.11 Å². The average Bonchev–Trinajstić information content (AvgIpc) is 3.08. The summed E-state index contributed by atoms with van der Waals surface area (Å²) in [6.07, 6.45) is 0. The number of ether oxygens (including phenoxy) is 1. The quantitative estimate of drug-likeness (QED) is 0.485. The summed E-state index contributed by atoms with van der Waals surface area (Å²) in [7, 11) is 1.58. The Morgan fingerprint density at radius 1 is 1.20 bits per heavy atom. The van der Waals surface area contributed by atoms with Gasteiger partial charge in [0.15, 0.2) is 4.34 Å². The normalized spacial score (nSPS) is 10.5. The second-order valence-corrected chi connectivity index (χ2v) is 7.54. The molecule has 25 heavy (non-hydrogen) atoms. The minimum absolute atomic E-state index is 0.235. The predicted molar refractivity (Wildman–Crippen MR) is 102 cm³/mol. The van der Waals surface area contributed by atoms with Crippen LogP contribution in [-0.4, -0.2) is 23.2 Å². The highest BCUT2D eigenvalue weighted by Crippen LogP contribution is 2.30. The van der Waals surface area contributed by atoms with Gasteiger partial charge >= 0.3 is 0 Å². The first kappa shape index (κ1) is 17.7. The van der Waals surface area contributed by atoms with Gasteiger partial charge in [-0.3, -0.25) is 10.1 Å². The smallest absolute Gasteiger partial charge is 0.257 e. The molecule has 0 bridgehead atoms. The maximum atomic E-state index is 12.2. The van der Waals surface area contributed by atoms with Crippen molar-refractivity contribution in [2.45, 2.75) is 10.1 Å². The lowest BCUT2D eigenvalue weighted by Crippen LogP contribution is -2.11. The minimum Gasteiger partial charge on any atom is -0.497 e. The molecule has 0 aliphatic rings. The second kappa shape index (κ2) is 8.33. The van der Waals surface area contributed by atoms with Crippen LogP contribution in [0.1, 0.15) is 15.9 Å². The van der Waals surface area contributed by atoms with Gasteiger partial charge in [0.1, 0.15) is 5.75 Å². The Kier molecular flexibility index (Phi) is 5.91. The molecule has 0 spiro atoms. The van der Waals surface area contributed by atoms with Crippen molar-refractivity contribution >= 4 is 45.7 Å². The summed E-state index contributed by atoms with van der Waals surface area (Å²) in [6, 6.07) is 14.5. The Bertz CT molecular complexity index is 868. The molecule has 1 heterocycles. The highest BCUT2D eigenvalue weighted by molar-refractivity contribution is 8.00. The zero-order valence-electron chi connectivity index (χ0n) is 13.2. The van der Waals surface area contributed by atoms with Crippen molar-refractivity contribution in [2.75, 3.05) is 12.4 Å². The Morgan fingerprint density at radius 2 is 1.96 bits per heavy atom. The topological polar surface area (TPSA) is 64.1 Å². The molecule has 0 fully saturated rings. The molecule has 128 valence electrons. The molecule has 8 heteroatoms. The number of rotatable bonds is 6. The number of carbonyl (C=O) groups is 1. The largest absolute Gasteiger partial charge is 0.497 e. The lowest BCUT2D eigenvalue weighted by molar-refractivity contribution is 0.102. The molecule has 3 rings (SSSR count). The summed E-state index contributed by atoms with van der Waals surface area (Å²) in [4.78, 5) is 12.2. The third-order valence-electron chi connectivity index (χ3n) is 3.29. The Hall–Kier alpha value is -2.09. The zero-order valence-corrected chi connectivity index (χ0v) is 15.6. The molecular formula is C17H14ClN3O2S2. The van der Waals surface area contributed by atoms with Gasteiger partial charge in [0.25, 0.3) is 5.91 Å². The molecule has 1 aromatic heterocycles. The van der Waals surface area contributed by atoms with Gasteiger partial charge in [-0.05, 0) is 35.9 Å². The maximum Gasteiger partial charge on any atom is 0.257 e. The number of carbonyl (C=O) groups excluding carboxylic acids is 1. The van der Waals surface area contributed by atoms with Crippen LogP contribution in [0.25, 0.3) is 0 Å². The van der Waals surface area contributed by atoms with Crippen LogP contribution in [0.5, 0.6) is 5.75 Å². The molecule has 0 unspecified atom stereocenters. The lowest BCUT2D eigenvalue weighted by atomic mass is 10.2. The van der Waals surface area contributed by atoms with Gasteiger partial charge in [-0.2, -0.15) is 0 Å². The number of halogens is 1. The van der Waals surface area contributed by atoms with E-state index in [1.165, 1.54) is 23.1 Å². The van der Waals surface area contributed by atoms with Gasteiger partial charge < -0.3 is 4.74 Å². The van der Waals surface area contributed by atoms with Crippen LogP contribution in [-0.2, 0) is 5.75 Å². The zero-order chi connectivity index (χ0) is 17.6. The number of methoxy groups -OCH3 is 1. The number of anilines is 1. The van der Waals surface area contributed by atoms with Crippen LogP contribution in [0.15, 0.2) is 52.9 Å². The fourth-order valence-electron chi connectivity index (χ4n) is 1.99. The number of benzene rings is 2. The van der Waals surface area contributed by atoms with E-state index >= 15 is 0 Å². The molecule has 0 aliphatic carbocycles. The number of amides is 1. The van der Waals surface area contributed by atoms with Crippen LogP contribution >= 0.6 is 34.7 Å². The van der Waals surface area contributed by atoms with E-state index in [4.69, 9.17) is 16.3 Å². The lowest BCUT2D eigenvalue weighted by Gasteiger charge is -2.03. The molecule has 0 saturated heterocycles. The van der Waals surface area contributed by atoms with Crippen molar-refractivity contribution in [3.05, 3.63) is 64.7 Å². The molecule has 0 saturated carbocycles. The van der Waals surface area contributed by atoms with Crippen molar-refractivity contribution in [2.24, 2.45) is 0 Å². The molecule has 3 aromatic rings. The summed E-state index contributed by atoms with van der Waals surface area (Å²) in [5.41, 5.74) is 1.56. The van der Waals surface area contributed by atoms with Crippen LogP contribution in [0.2, 0.25) is 5.02 Å². The Balaban J connectivity index is 1.59. The second-order valence-electron chi connectivity index (χ2n) is 4.94. The van der Waals surface area contributed by atoms with Crippen molar-refractivity contribution in [1.82, 2.24) is 10.2 Å². The van der Waals surface area contributed by atoms with Crippen molar-refractivity contribution in [3.63, 3.8) is 0 Å². The Morgan fingerprint density at radius 3 is 2.68 bits per heavy atom. The molecule has 1 amide bonds. The highest BCUT2D eigenvalue weighted by Gasteiger charge is 2.11. The first-order valence-corrected chi connectivity index (χ1v) is 9.49. The van der Waals surface area contributed by atoms with Gasteiger partial charge in [-0.25, -0.2) is 0 Å². The van der Waals surface area contributed by atoms with Crippen LogP contribution in [0.4, 0.5) is 5.13 Å². The number of aromatic nitrogens is 2. The number of hydrogen-bond donors (Lipinski definition) is 1. The third kappa shape index (κ3) is 4.72. The van der Waals surface area contributed by atoms with E-state index in [0.29, 0.717) is 22.2 Å². The summed E-state index contributed by atoms with van der Waals surface area (Å²) in [5.74, 6) is 1.16. The summed E-state index contributed by atoms with van der Waals surface area (Å²) in [6.45, 7) is 0. The van der Waals surface area contributed by atoms with Crippen LogP contribution < -0.4 is 10.1 Å². The fourth-order valence-corrected chi connectivity index (χ4v) is 4.02. The highest BCUT2D eigenvalue weighted by atomic mass is 35.5. The van der Waals surface area contributed by atoms with Crippen LogP contribution in [0, 0.1) is 0 Å². The van der Waals surface area contributed by atoms with E-state index in [1.807, 2.05) is 24.3 Å². The number of thioether (sulfide) groups is 1. The van der Waals surface area contributed by atoms with E-state index in [2.05, 4.69) is 15.5 Å². The van der Waals surface area contributed by atoms with Gasteiger partial charge in [0, 0.05) is 16.3 Å². The van der Waals surface area contributed by atoms with E-state index in [-0.39, 0.29) is 5.91 Å². The molecule has 0 atom stereocenters. The molecule has 0 aliphatic heterocycles. The molecule has 1 N–H and O–H groups in total. The van der Waals surface area contributed by atoms with E-state index < -0.39 is 0 Å². The van der Waals surface area contributed by atoms with Crippen molar-refractivity contribution in [3.8, 4) is 5.75 Å². The summed E-state index contributed by atoms with van der Waals surface area (Å²) < 4.78 is 5.85. The molecule has 0 radical (unpaired) electrons. The fraction of sp³-hybridized carbons (Fsp3) is 0.118. The Labute approximate surface area is 158 Å². The van der Waals surface area contributed by atoms with Crippen LogP contribution in [0.3, 0.4) is 0 Å². The van der Waals surface area contributed by atoms with Crippen molar-refractivity contribution in [1.29, 1.82) is 0 Å². The summed E-state index contributed by atoms with van der Waals surface area (Å²) in [5, 5.41) is 12.0. The minimum atomic E-state index is -0.235. The van der Waals surface area contributed by atoms with Gasteiger partial charge in [-0.15, -0.1) is 10.2 Å². The molecule has 5 nitrogen and oxygen atoms in total. The standard InChI is InChI=1S/C17H14ClN3O2S2/c1-23-13-8-6-11(7-9-13)15(22)19-16-20-21-17(25-16)24-10-12-4-2-3-5-14(12)18/h2-9H,10H2,1H3,(H,19,20,22). The molecule has 2 aromatic carbocycles. The maximum absolute atomic E-state index is 12.2. The first-order valence-electron chi connectivity index (χ1n) is 7.31. The SMILES string of the molecule is COc1ccc(C(=O)Nc2nnc(SCc3ccccc3Cl)s2)cc1. The predicted octanol–water partition coefficient (Wildman–Crippen LogP) is 4.74. The number of hydrogen-bond acceptors (Lipinski definition) is 6. The van der Waals surface area contributed by atoms with E-state index in [1.54, 1.807) is 31.4 Å².